The molecule has 0 aliphatic heterocycles. The monoisotopic (exact) mass is 266 g/mol. The second-order valence-corrected chi connectivity index (χ2v) is 5.03. The molecule has 6 heteroatoms. The molecule has 0 heterocycles. The van der Waals surface area contributed by atoms with Gasteiger partial charge in [-0.25, -0.2) is 8.42 Å². The molecule has 0 amide bonds. The van der Waals surface area contributed by atoms with E-state index in [2.05, 4.69) is 0 Å². The fraction of sp³-hybridized carbons (Fsp3) is 0.455. The summed E-state index contributed by atoms with van der Waals surface area (Å²) in [5.41, 5.74) is 1.08. The van der Waals surface area contributed by atoms with Crippen molar-refractivity contribution in [2.45, 2.75) is 19.4 Å². The van der Waals surface area contributed by atoms with E-state index in [9.17, 15) is 13.0 Å². The molecular weight excluding hydrogens is 251 g/mol. The third-order valence-electron chi connectivity index (χ3n) is 2.04. The van der Waals surface area contributed by atoms with Crippen molar-refractivity contribution in [2.75, 3.05) is 12.4 Å². The minimum absolute atomic E-state index is 0. The molecule has 0 N–H and O–H groups in total. The van der Waals surface area contributed by atoms with Crippen LogP contribution in [0.2, 0.25) is 0 Å². The van der Waals surface area contributed by atoms with Gasteiger partial charge >= 0.3 is 29.6 Å². The predicted octanol–water partition coefficient (Wildman–Crippen LogP) is -1.47. The minimum Gasteiger partial charge on any atom is -0.748 e. The van der Waals surface area contributed by atoms with Gasteiger partial charge in [0.2, 0.25) is 0 Å². The number of unbranched alkanes of at least 4 members (excludes halogenated alkanes) is 1. The quantitative estimate of drug-likeness (QED) is 0.343. The SMILES string of the molecule is O=S(=O)([O-])CCCCOCc1ccccc1.[Na+]. The summed E-state index contributed by atoms with van der Waals surface area (Å²) in [6.07, 6.45) is 0.953. The molecule has 0 radical (unpaired) electrons. The third-order valence-corrected chi connectivity index (χ3v) is 2.83. The number of hydrogen-bond donors (Lipinski definition) is 0. The first-order valence-corrected chi connectivity index (χ1v) is 6.71. The number of ether oxygens (including phenoxy) is 1. The van der Waals surface area contributed by atoms with E-state index in [0.717, 1.165) is 5.56 Å². The third kappa shape index (κ3) is 9.76. The van der Waals surface area contributed by atoms with E-state index in [-0.39, 0.29) is 35.3 Å². The van der Waals surface area contributed by atoms with Crippen LogP contribution in [0.25, 0.3) is 0 Å². The molecule has 0 aliphatic rings. The summed E-state index contributed by atoms with van der Waals surface area (Å²) in [5, 5.41) is 0. The van der Waals surface area contributed by atoms with Crippen LogP contribution in [-0.2, 0) is 21.5 Å². The maximum absolute atomic E-state index is 10.3. The molecule has 0 unspecified atom stereocenters. The minimum atomic E-state index is -4.07. The van der Waals surface area contributed by atoms with Gasteiger partial charge in [-0.1, -0.05) is 30.3 Å². The molecule has 17 heavy (non-hydrogen) atoms. The summed E-state index contributed by atoms with van der Waals surface area (Å²) in [7, 11) is -4.07. The molecule has 0 aliphatic carbocycles. The first kappa shape index (κ1) is 17.1. The zero-order chi connectivity index (χ0) is 11.9. The molecule has 90 valence electrons. The molecule has 0 atom stereocenters. The van der Waals surface area contributed by atoms with Crippen molar-refractivity contribution in [2.24, 2.45) is 0 Å². The van der Waals surface area contributed by atoms with E-state index >= 15 is 0 Å². The Bertz CT molecular complexity index is 391. The van der Waals surface area contributed by atoms with Gasteiger partial charge in [0, 0.05) is 12.4 Å². The fourth-order valence-corrected chi connectivity index (χ4v) is 1.80. The maximum atomic E-state index is 10.3. The number of benzene rings is 1. The first-order valence-electron chi connectivity index (χ1n) is 5.13. The predicted molar refractivity (Wildman–Crippen MR) is 59.9 cm³/mol. The van der Waals surface area contributed by atoms with Gasteiger partial charge in [0.25, 0.3) is 0 Å². The van der Waals surface area contributed by atoms with Crippen LogP contribution in [-0.4, -0.2) is 25.3 Å². The summed E-state index contributed by atoms with van der Waals surface area (Å²) < 4.78 is 36.2. The summed E-state index contributed by atoms with van der Waals surface area (Å²) in [6.45, 7) is 0.995. The van der Waals surface area contributed by atoms with Gasteiger partial charge in [-0.3, -0.25) is 0 Å². The Morgan fingerprint density at radius 3 is 2.35 bits per heavy atom. The van der Waals surface area contributed by atoms with E-state index in [1.165, 1.54) is 0 Å². The van der Waals surface area contributed by atoms with Crippen LogP contribution in [0.1, 0.15) is 18.4 Å². The van der Waals surface area contributed by atoms with E-state index in [4.69, 9.17) is 4.74 Å². The van der Waals surface area contributed by atoms with E-state index < -0.39 is 10.1 Å². The van der Waals surface area contributed by atoms with Crippen molar-refractivity contribution in [3.05, 3.63) is 35.9 Å². The Hall–Kier alpha value is 0.0900. The van der Waals surface area contributed by atoms with Gasteiger partial charge in [0.1, 0.15) is 0 Å². The summed E-state index contributed by atoms with van der Waals surface area (Å²) in [5.74, 6) is -0.304. The van der Waals surface area contributed by atoms with Crippen molar-refractivity contribution in [1.29, 1.82) is 0 Å². The average Bonchev–Trinajstić information content (AvgIpc) is 2.23. The Labute approximate surface area is 124 Å². The molecule has 1 aromatic rings. The van der Waals surface area contributed by atoms with Crippen LogP contribution in [0.3, 0.4) is 0 Å². The molecular formula is C11H15NaO4S. The van der Waals surface area contributed by atoms with Crippen LogP contribution in [0.4, 0.5) is 0 Å². The van der Waals surface area contributed by atoms with E-state index in [0.29, 0.717) is 26.1 Å². The largest absolute Gasteiger partial charge is 1.00 e. The van der Waals surface area contributed by atoms with Gasteiger partial charge in [-0.05, 0) is 18.4 Å². The Kier molecular flexibility index (Phi) is 9.13. The van der Waals surface area contributed by atoms with Gasteiger partial charge < -0.3 is 9.29 Å². The van der Waals surface area contributed by atoms with E-state index in [1.807, 2.05) is 30.3 Å². The van der Waals surface area contributed by atoms with E-state index in [1.54, 1.807) is 0 Å². The van der Waals surface area contributed by atoms with Gasteiger partial charge in [0.15, 0.2) is 0 Å². The van der Waals surface area contributed by atoms with Gasteiger partial charge in [0.05, 0.1) is 16.7 Å². The van der Waals surface area contributed by atoms with Crippen LogP contribution in [0, 0.1) is 0 Å². The topological polar surface area (TPSA) is 66.4 Å². The van der Waals surface area contributed by atoms with Gasteiger partial charge in [-0.2, -0.15) is 0 Å². The Morgan fingerprint density at radius 1 is 1.12 bits per heavy atom. The second kappa shape index (κ2) is 9.08. The molecule has 4 nitrogen and oxygen atoms in total. The van der Waals surface area contributed by atoms with Gasteiger partial charge in [-0.15, -0.1) is 0 Å². The van der Waals surface area contributed by atoms with Crippen LogP contribution < -0.4 is 29.6 Å². The van der Waals surface area contributed by atoms with Crippen molar-refractivity contribution < 1.29 is 47.3 Å². The molecule has 0 saturated carbocycles. The summed E-state index contributed by atoms with van der Waals surface area (Å²) in [4.78, 5) is 0. The zero-order valence-corrected chi connectivity index (χ0v) is 12.8. The van der Waals surface area contributed by atoms with Crippen molar-refractivity contribution in [3.63, 3.8) is 0 Å². The number of hydrogen-bond acceptors (Lipinski definition) is 4. The maximum Gasteiger partial charge on any atom is 1.00 e. The molecule has 0 saturated heterocycles. The van der Waals surface area contributed by atoms with Crippen LogP contribution >= 0.6 is 0 Å². The van der Waals surface area contributed by atoms with Crippen LogP contribution in [0.15, 0.2) is 30.3 Å². The smallest absolute Gasteiger partial charge is 0.748 e. The molecule has 0 aromatic heterocycles. The summed E-state index contributed by atoms with van der Waals surface area (Å²) in [6, 6.07) is 9.72. The first-order chi connectivity index (χ1) is 7.58. The second-order valence-electron chi connectivity index (χ2n) is 3.51. The normalized spacial score (nSPS) is 10.9. The molecule has 1 rings (SSSR count). The molecule has 0 fully saturated rings. The molecule has 0 spiro atoms. The van der Waals surface area contributed by atoms with Crippen molar-refractivity contribution in [3.8, 4) is 0 Å². The number of rotatable bonds is 7. The standard InChI is InChI=1S/C11H16O4S.Na/c12-16(13,14)9-5-4-8-15-10-11-6-2-1-3-7-11;/h1-3,6-7H,4-5,8-10H2,(H,12,13,14);/q;+1/p-1. The fourth-order valence-electron chi connectivity index (χ4n) is 1.25. The Balaban J connectivity index is 0.00000256. The van der Waals surface area contributed by atoms with Crippen LogP contribution in [0.5, 0.6) is 0 Å². The zero-order valence-electron chi connectivity index (χ0n) is 9.96. The Morgan fingerprint density at radius 2 is 1.76 bits per heavy atom. The van der Waals surface area contributed by atoms with Crippen molar-refractivity contribution in [1.82, 2.24) is 0 Å². The van der Waals surface area contributed by atoms with Crippen molar-refractivity contribution >= 4 is 10.1 Å². The average molecular weight is 266 g/mol. The summed E-state index contributed by atoms with van der Waals surface area (Å²) >= 11 is 0. The molecule has 1 aromatic carbocycles. The molecule has 0 bridgehead atoms.